The van der Waals surface area contributed by atoms with Gasteiger partial charge < -0.3 is 10.2 Å². The Labute approximate surface area is 136 Å². The van der Waals surface area contributed by atoms with Crippen LogP contribution in [0.4, 0.5) is 0 Å². The Morgan fingerprint density at radius 3 is 2.74 bits per heavy atom. The molecular formula is C19H21N3O. The average molecular weight is 307 g/mol. The molecule has 3 aromatic rings. The maximum atomic E-state index is 12.5. The summed E-state index contributed by atoms with van der Waals surface area (Å²) < 4.78 is 0. The van der Waals surface area contributed by atoms with Crippen molar-refractivity contribution < 1.29 is 4.79 Å². The highest BCUT2D eigenvalue weighted by atomic mass is 16.1. The topological polar surface area (TPSA) is 45.2 Å². The summed E-state index contributed by atoms with van der Waals surface area (Å²) in [5, 5.41) is 5.04. The molecule has 4 nitrogen and oxygen atoms in total. The Balaban J connectivity index is 2.01. The van der Waals surface area contributed by atoms with E-state index >= 15 is 0 Å². The smallest absolute Gasteiger partial charge is 0.253 e. The van der Waals surface area contributed by atoms with Gasteiger partial charge in [-0.3, -0.25) is 4.79 Å². The summed E-state index contributed by atoms with van der Waals surface area (Å²) in [6.07, 6.45) is 0. The second-order valence-corrected chi connectivity index (χ2v) is 6.12. The van der Waals surface area contributed by atoms with Crippen LogP contribution < -0.4 is 5.32 Å². The van der Waals surface area contributed by atoms with Crippen molar-refractivity contribution in [3.8, 4) is 0 Å². The van der Waals surface area contributed by atoms with E-state index in [4.69, 9.17) is 4.98 Å². The first kappa shape index (κ1) is 15.4. The Morgan fingerprint density at radius 1 is 1.13 bits per heavy atom. The van der Waals surface area contributed by atoms with E-state index in [2.05, 4.69) is 29.6 Å². The first-order valence-electron chi connectivity index (χ1n) is 7.77. The molecule has 0 aliphatic carbocycles. The van der Waals surface area contributed by atoms with Crippen LogP contribution in [0.2, 0.25) is 0 Å². The van der Waals surface area contributed by atoms with Crippen LogP contribution >= 0.6 is 0 Å². The number of aryl methyl sites for hydroxylation is 1. The summed E-state index contributed by atoms with van der Waals surface area (Å²) in [5.74, 6) is -0.0723. The number of hydrogen-bond donors (Lipinski definition) is 1. The predicted molar refractivity (Wildman–Crippen MR) is 94.9 cm³/mol. The van der Waals surface area contributed by atoms with Crippen molar-refractivity contribution >= 4 is 27.7 Å². The number of carbonyl (C=O) groups is 1. The standard InChI is InChI=1S/C19H21N3O/c1-13-7-8-14-12-15-5-4-6-16(18(15)21-17(14)11-13)19(23)20-9-10-22(2)3/h4-8,11-12H,9-10H2,1-3H3,(H,20,23). The lowest BCUT2D eigenvalue weighted by atomic mass is 10.1. The lowest BCUT2D eigenvalue weighted by Gasteiger charge is -2.11. The average Bonchev–Trinajstić information content (AvgIpc) is 2.51. The summed E-state index contributed by atoms with van der Waals surface area (Å²) in [7, 11) is 3.97. The summed E-state index contributed by atoms with van der Waals surface area (Å²) in [4.78, 5) is 19.2. The van der Waals surface area contributed by atoms with E-state index < -0.39 is 0 Å². The van der Waals surface area contributed by atoms with E-state index in [0.29, 0.717) is 12.1 Å². The SMILES string of the molecule is Cc1ccc2cc3cccc(C(=O)NCCN(C)C)c3nc2c1. The van der Waals surface area contributed by atoms with Crippen molar-refractivity contribution in [2.75, 3.05) is 27.2 Å². The molecule has 0 atom stereocenters. The summed E-state index contributed by atoms with van der Waals surface area (Å²) in [6.45, 7) is 3.48. The van der Waals surface area contributed by atoms with Crippen molar-refractivity contribution in [2.45, 2.75) is 6.92 Å². The zero-order chi connectivity index (χ0) is 16.4. The Hall–Kier alpha value is -2.46. The molecule has 3 rings (SSSR count). The monoisotopic (exact) mass is 307 g/mol. The molecule has 118 valence electrons. The van der Waals surface area contributed by atoms with Crippen molar-refractivity contribution in [2.24, 2.45) is 0 Å². The lowest BCUT2D eigenvalue weighted by Crippen LogP contribution is -2.31. The normalized spacial score (nSPS) is 11.3. The van der Waals surface area contributed by atoms with E-state index in [1.54, 1.807) is 0 Å². The third-order valence-electron chi connectivity index (χ3n) is 3.89. The van der Waals surface area contributed by atoms with Gasteiger partial charge in [0.1, 0.15) is 0 Å². The number of nitrogens with zero attached hydrogens (tertiary/aromatic N) is 2. The third-order valence-corrected chi connectivity index (χ3v) is 3.89. The maximum Gasteiger partial charge on any atom is 0.253 e. The van der Waals surface area contributed by atoms with Crippen LogP contribution in [0.15, 0.2) is 42.5 Å². The number of rotatable bonds is 4. The Kier molecular flexibility index (Phi) is 4.26. The number of likely N-dealkylation sites (N-methyl/N-ethyl adjacent to an activating group) is 1. The fourth-order valence-electron chi connectivity index (χ4n) is 2.63. The number of para-hydroxylation sites is 1. The van der Waals surface area contributed by atoms with Gasteiger partial charge in [-0.2, -0.15) is 0 Å². The minimum Gasteiger partial charge on any atom is -0.351 e. The second kappa shape index (κ2) is 6.34. The second-order valence-electron chi connectivity index (χ2n) is 6.12. The molecule has 4 heteroatoms. The van der Waals surface area contributed by atoms with Gasteiger partial charge in [-0.25, -0.2) is 4.98 Å². The molecule has 1 aromatic heterocycles. The molecule has 0 aliphatic heterocycles. The zero-order valence-electron chi connectivity index (χ0n) is 13.8. The molecule has 1 heterocycles. The largest absolute Gasteiger partial charge is 0.351 e. The number of benzene rings is 2. The fourth-order valence-corrected chi connectivity index (χ4v) is 2.63. The highest BCUT2D eigenvalue weighted by Crippen LogP contribution is 2.23. The van der Waals surface area contributed by atoms with Crippen molar-refractivity contribution in [3.05, 3.63) is 53.6 Å². The lowest BCUT2D eigenvalue weighted by molar-refractivity contribution is 0.0952. The molecule has 0 aliphatic rings. The van der Waals surface area contributed by atoms with Crippen molar-refractivity contribution in [3.63, 3.8) is 0 Å². The molecule has 0 fully saturated rings. The Bertz CT molecular complexity index is 871. The molecule has 0 bridgehead atoms. The number of pyridine rings is 1. The van der Waals surface area contributed by atoms with Crippen LogP contribution in [0.1, 0.15) is 15.9 Å². The first-order chi connectivity index (χ1) is 11.0. The van der Waals surface area contributed by atoms with Gasteiger partial charge in [0.05, 0.1) is 16.6 Å². The van der Waals surface area contributed by atoms with Crippen LogP contribution in [0, 0.1) is 6.92 Å². The van der Waals surface area contributed by atoms with Gasteiger partial charge in [-0.1, -0.05) is 24.3 Å². The Morgan fingerprint density at radius 2 is 1.96 bits per heavy atom. The van der Waals surface area contributed by atoms with Gasteiger partial charge in [0, 0.05) is 23.9 Å². The van der Waals surface area contributed by atoms with Crippen molar-refractivity contribution in [1.29, 1.82) is 0 Å². The number of carbonyl (C=O) groups excluding carboxylic acids is 1. The van der Waals surface area contributed by atoms with Gasteiger partial charge in [0.2, 0.25) is 0 Å². The first-order valence-corrected chi connectivity index (χ1v) is 7.77. The molecule has 23 heavy (non-hydrogen) atoms. The van der Waals surface area contributed by atoms with E-state index in [0.717, 1.165) is 33.9 Å². The van der Waals surface area contributed by atoms with Crippen molar-refractivity contribution in [1.82, 2.24) is 15.2 Å². The van der Waals surface area contributed by atoms with Crippen LogP contribution in [0.3, 0.4) is 0 Å². The molecule has 2 aromatic carbocycles. The number of hydrogen-bond acceptors (Lipinski definition) is 3. The third kappa shape index (κ3) is 3.32. The molecule has 0 radical (unpaired) electrons. The maximum absolute atomic E-state index is 12.5. The predicted octanol–water partition coefficient (Wildman–Crippen LogP) is 2.99. The van der Waals surface area contributed by atoms with Gasteiger partial charge in [0.25, 0.3) is 5.91 Å². The van der Waals surface area contributed by atoms with Crippen LogP contribution in [-0.2, 0) is 0 Å². The molecule has 0 unspecified atom stereocenters. The number of amides is 1. The van der Waals surface area contributed by atoms with Gasteiger partial charge in [-0.05, 0) is 44.8 Å². The summed E-state index contributed by atoms with van der Waals surface area (Å²) in [5.41, 5.74) is 3.47. The van der Waals surface area contributed by atoms with E-state index in [1.165, 1.54) is 0 Å². The van der Waals surface area contributed by atoms with Gasteiger partial charge >= 0.3 is 0 Å². The van der Waals surface area contributed by atoms with Crippen LogP contribution in [-0.4, -0.2) is 43.0 Å². The summed E-state index contributed by atoms with van der Waals surface area (Å²) >= 11 is 0. The zero-order valence-corrected chi connectivity index (χ0v) is 13.8. The molecule has 0 saturated carbocycles. The van der Waals surface area contributed by atoms with Crippen LogP contribution in [0.25, 0.3) is 21.8 Å². The molecule has 1 amide bonds. The highest BCUT2D eigenvalue weighted by Gasteiger charge is 2.11. The quantitative estimate of drug-likeness (QED) is 0.754. The molecular weight excluding hydrogens is 286 g/mol. The molecule has 1 N–H and O–H groups in total. The van der Waals surface area contributed by atoms with E-state index in [-0.39, 0.29) is 5.91 Å². The molecule has 0 saturated heterocycles. The minimum absolute atomic E-state index is 0.0723. The number of fused-ring (bicyclic) bond motifs is 2. The number of aromatic nitrogens is 1. The highest BCUT2D eigenvalue weighted by molar-refractivity contribution is 6.07. The summed E-state index contributed by atoms with van der Waals surface area (Å²) in [6, 6.07) is 14.0. The van der Waals surface area contributed by atoms with Gasteiger partial charge in [0.15, 0.2) is 0 Å². The number of nitrogens with one attached hydrogen (secondary N) is 1. The van der Waals surface area contributed by atoms with Gasteiger partial charge in [-0.15, -0.1) is 0 Å². The van der Waals surface area contributed by atoms with E-state index in [1.807, 2.05) is 44.1 Å². The molecule has 0 spiro atoms. The minimum atomic E-state index is -0.0723. The van der Waals surface area contributed by atoms with E-state index in [9.17, 15) is 4.79 Å². The van der Waals surface area contributed by atoms with Crippen LogP contribution in [0.5, 0.6) is 0 Å². The fraction of sp³-hybridized carbons (Fsp3) is 0.263.